The number of hydrogen-bond donors (Lipinski definition) is 1. The van der Waals surface area contributed by atoms with E-state index in [1.165, 1.54) is 0 Å². The van der Waals surface area contributed by atoms with Crippen molar-refractivity contribution in [2.45, 2.75) is 25.8 Å². The first-order valence-electron chi connectivity index (χ1n) is 7.01. The molecular formula is C14H25N5. The fourth-order valence-corrected chi connectivity index (χ4v) is 2.33. The summed E-state index contributed by atoms with van der Waals surface area (Å²) in [5, 5.41) is 3.44. The van der Waals surface area contributed by atoms with E-state index < -0.39 is 0 Å². The number of hydrogen-bond acceptors (Lipinski definition) is 5. The van der Waals surface area contributed by atoms with E-state index in [2.05, 4.69) is 59.1 Å². The zero-order chi connectivity index (χ0) is 13.8. The zero-order valence-electron chi connectivity index (χ0n) is 12.4. The molecule has 1 atom stereocenters. The number of nitrogens with one attached hydrogen (secondary N) is 1. The van der Waals surface area contributed by atoms with Gasteiger partial charge in [-0.25, -0.2) is 9.97 Å². The van der Waals surface area contributed by atoms with Crippen LogP contribution in [-0.2, 0) is 0 Å². The minimum absolute atomic E-state index is 0.437. The predicted molar refractivity (Wildman–Crippen MR) is 78.5 cm³/mol. The van der Waals surface area contributed by atoms with Crippen molar-refractivity contribution in [1.82, 2.24) is 19.8 Å². The van der Waals surface area contributed by atoms with Crippen LogP contribution in [0.4, 0.5) is 5.82 Å². The molecule has 0 saturated carbocycles. The second kappa shape index (κ2) is 6.30. The molecule has 0 aromatic carbocycles. The lowest BCUT2D eigenvalue weighted by molar-refractivity contribution is 0.122. The first-order chi connectivity index (χ1) is 9.06. The second-order valence-corrected chi connectivity index (χ2v) is 5.76. The van der Waals surface area contributed by atoms with Crippen LogP contribution >= 0.6 is 0 Å². The van der Waals surface area contributed by atoms with Crippen LogP contribution in [0, 0.1) is 0 Å². The van der Waals surface area contributed by atoms with Crippen LogP contribution in [0.1, 0.15) is 25.5 Å². The van der Waals surface area contributed by atoms with E-state index in [0.717, 1.165) is 37.7 Å². The molecule has 5 nitrogen and oxygen atoms in total. The maximum atomic E-state index is 4.30. The fourth-order valence-electron chi connectivity index (χ4n) is 2.33. The number of piperazine rings is 1. The number of likely N-dealkylation sites (N-methyl/N-ethyl adjacent to an activating group) is 2. The maximum Gasteiger partial charge on any atom is 0.129 e. The van der Waals surface area contributed by atoms with Crippen molar-refractivity contribution < 1.29 is 0 Å². The van der Waals surface area contributed by atoms with Crippen molar-refractivity contribution in [3.8, 4) is 0 Å². The average Bonchev–Trinajstić information content (AvgIpc) is 2.40. The Hall–Kier alpha value is -1.20. The third-order valence-electron chi connectivity index (χ3n) is 3.78. The van der Waals surface area contributed by atoms with E-state index in [4.69, 9.17) is 0 Å². The minimum atomic E-state index is 0.437. The number of aromatic nitrogens is 2. The van der Waals surface area contributed by atoms with Gasteiger partial charge in [0.05, 0.1) is 0 Å². The summed E-state index contributed by atoms with van der Waals surface area (Å²) in [6, 6.07) is 2.59. The van der Waals surface area contributed by atoms with Gasteiger partial charge in [-0.05, 0) is 20.0 Å². The van der Waals surface area contributed by atoms with Crippen molar-refractivity contribution in [1.29, 1.82) is 0 Å². The van der Waals surface area contributed by atoms with Gasteiger partial charge >= 0.3 is 0 Å². The third kappa shape index (κ3) is 3.88. The molecule has 2 rings (SSSR count). The van der Waals surface area contributed by atoms with Gasteiger partial charge in [0.2, 0.25) is 0 Å². The topological polar surface area (TPSA) is 44.3 Å². The Morgan fingerprint density at radius 3 is 2.84 bits per heavy atom. The van der Waals surface area contributed by atoms with Crippen LogP contribution in [0.25, 0.3) is 0 Å². The van der Waals surface area contributed by atoms with E-state index in [0.29, 0.717) is 12.0 Å². The molecule has 0 aliphatic carbocycles. The third-order valence-corrected chi connectivity index (χ3v) is 3.78. The minimum Gasteiger partial charge on any atom is -0.368 e. The molecule has 1 aliphatic heterocycles. The molecule has 1 N–H and O–H groups in total. The summed E-state index contributed by atoms with van der Waals surface area (Å²) in [4.78, 5) is 13.4. The molecule has 1 fully saturated rings. The second-order valence-electron chi connectivity index (χ2n) is 5.76. The quantitative estimate of drug-likeness (QED) is 0.886. The standard InChI is InChI=1S/C14H25N5/c1-11(2)13-7-14(17-10-16-13)15-8-12-9-18(3)5-6-19(12)4/h7,10-12H,5-6,8-9H2,1-4H3,(H,15,16,17). The summed E-state index contributed by atoms with van der Waals surface area (Å²) in [6.45, 7) is 8.61. The van der Waals surface area contributed by atoms with E-state index in [1.807, 2.05) is 0 Å². The van der Waals surface area contributed by atoms with Gasteiger partial charge in [-0.15, -0.1) is 0 Å². The fraction of sp³-hybridized carbons (Fsp3) is 0.714. The average molecular weight is 263 g/mol. The highest BCUT2D eigenvalue weighted by molar-refractivity contribution is 5.35. The van der Waals surface area contributed by atoms with Gasteiger partial charge in [0.15, 0.2) is 0 Å². The molecule has 0 bridgehead atoms. The Bertz CT molecular complexity index is 407. The highest BCUT2D eigenvalue weighted by Gasteiger charge is 2.21. The lowest BCUT2D eigenvalue weighted by Crippen LogP contribution is -2.52. The Morgan fingerprint density at radius 2 is 2.11 bits per heavy atom. The van der Waals surface area contributed by atoms with E-state index >= 15 is 0 Å². The van der Waals surface area contributed by atoms with E-state index in [1.54, 1.807) is 6.33 Å². The molecule has 0 radical (unpaired) electrons. The molecule has 1 unspecified atom stereocenters. The van der Waals surface area contributed by atoms with Crippen molar-refractivity contribution in [3.05, 3.63) is 18.1 Å². The first kappa shape index (κ1) is 14.2. The molecule has 106 valence electrons. The van der Waals surface area contributed by atoms with Crippen LogP contribution in [0.3, 0.4) is 0 Å². The molecule has 0 spiro atoms. The monoisotopic (exact) mass is 263 g/mol. The van der Waals surface area contributed by atoms with Crippen molar-refractivity contribution in [3.63, 3.8) is 0 Å². The van der Waals surface area contributed by atoms with Crippen LogP contribution in [0.15, 0.2) is 12.4 Å². The number of anilines is 1. The normalized spacial score (nSPS) is 21.8. The molecule has 1 saturated heterocycles. The van der Waals surface area contributed by atoms with Crippen molar-refractivity contribution in [2.75, 3.05) is 45.6 Å². The predicted octanol–water partition coefficient (Wildman–Crippen LogP) is 1.26. The van der Waals surface area contributed by atoms with Crippen LogP contribution in [-0.4, -0.2) is 66.1 Å². The summed E-state index contributed by atoms with van der Waals surface area (Å²) in [5.74, 6) is 1.37. The number of rotatable bonds is 4. The Labute approximate surface area is 116 Å². The highest BCUT2D eigenvalue weighted by atomic mass is 15.3. The van der Waals surface area contributed by atoms with Gasteiger partial charge in [0.1, 0.15) is 12.1 Å². The van der Waals surface area contributed by atoms with E-state index in [-0.39, 0.29) is 0 Å². The Morgan fingerprint density at radius 1 is 1.32 bits per heavy atom. The first-order valence-corrected chi connectivity index (χ1v) is 7.01. The largest absolute Gasteiger partial charge is 0.368 e. The molecule has 5 heteroatoms. The SMILES string of the molecule is CC(C)c1cc(NCC2CN(C)CCN2C)ncn1. The summed E-state index contributed by atoms with van der Waals surface area (Å²) in [7, 11) is 4.38. The maximum absolute atomic E-state index is 4.30. The smallest absolute Gasteiger partial charge is 0.129 e. The van der Waals surface area contributed by atoms with E-state index in [9.17, 15) is 0 Å². The van der Waals surface area contributed by atoms with Crippen molar-refractivity contribution >= 4 is 5.82 Å². The Kier molecular flexibility index (Phi) is 4.71. The molecule has 0 amide bonds. The van der Waals surface area contributed by atoms with Crippen LogP contribution < -0.4 is 5.32 Å². The Balaban J connectivity index is 1.92. The van der Waals surface area contributed by atoms with Gasteiger partial charge in [0, 0.05) is 44.0 Å². The highest BCUT2D eigenvalue weighted by Crippen LogP contribution is 2.14. The molecule has 1 aromatic rings. The van der Waals surface area contributed by atoms with Crippen LogP contribution in [0.2, 0.25) is 0 Å². The van der Waals surface area contributed by atoms with Gasteiger partial charge < -0.3 is 10.2 Å². The summed E-state index contributed by atoms with van der Waals surface area (Å²) in [5.41, 5.74) is 1.09. The summed E-state index contributed by atoms with van der Waals surface area (Å²) >= 11 is 0. The molecule has 1 aliphatic rings. The van der Waals surface area contributed by atoms with Crippen molar-refractivity contribution in [2.24, 2.45) is 0 Å². The lowest BCUT2D eigenvalue weighted by Gasteiger charge is -2.37. The summed E-state index contributed by atoms with van der Waals surface area (Å²) in [6.07, 6.45) is 1.65. The van der Waals surface area contributed by atoms with Gasteiger partial charge in [-0.1, -0.05) is 13.8 Å². The number of nitrogens with zero attached hydrogens (tertiary/aromatic N) is 4. The van der Waals surface area contributed by atoms with Gasteiger partial charge in [-0.2, -0.15) is 0 Å². The zero-order valence-corrected chi connectivity index (χ0v) is 12.4. The molecule has 19 heavy (non-hydrogen) atoms. The van der Waals surface area contributed by atoms with Gasteiger partial charge in [-0.3, -0.25) is 4.90 Å². The lowest BCUT2D eigenvalue weighted by atomic mass is 10.1. The molecule has 1 aromatic heterocycles. The molecule has 2 heterocycles. The molecular weight excluding hydrogens is 238 g/mol. The van der Waals surface area contributed by atoms with Crippen LogP contribution in [0.5, 0.6) is 0 Å². The van der Waals surface area contributed by atoms with Gasteiger partial charge in [0.25, 0.3) is 0 Å². The summed E-state index contributed by atoms with van der Waals surface area (Å²) < 4.78 is 0.